The number of hydrogen-bond donors (Lipinski definition) is 0. The molecule has 0 atom stereocenters. The number of hydrogen-bond acceptors (Lipinski definition) is 2. The van der Waals surface area contributed by atoms with Crippen molar-refractivity contribution in [1.82, 2.24) is 22.8 Å². The third kappa shape index (κ3) is 4.85. The smallest absolute Gasteiger partial charge is 0.198 e. The predicted molar refractivity (Wildman–Crippen MR) is 184 cm³/mol. The third-order valence-corrected chi connectivity index (χ3v) is 8.72. The first-order chi connectivity index (χ1) is 22.9. The van der Waals surface area contributed by atoms with Gasteiger partial charge in [0, 0.05) is 56.7 Å². The van der Waals surface area contributed by atoms with Gasteiger partial charge in [-0.3, -0.25) is 8.80 Å². The standard InChI is InChI=1S/C40H30N6O.Pt/c1-40(2,3)28-19-20-41-36(24-28)46-34-13-5-4-12-32(34)33-18-17-31(26-35(33)46)47-30-11-6-10-29(25-30)45-27-42-21-7-14-37(42)43-22-8-15-38(43)44-23-9-16-39(44)45;/h4-24H,1-3H3;/q-2;. The molecular weight excluding hydrogens is 776 g/mol. The Labute approximate surface area is 291 Å². The molecule has 0 aliphatic heterocycles. The Morgan fingerprint density at radius 2 is 1.50 bits per heavy atom. The Bertz CT molecular complexity index is 2670. The summed E-state index contributed by atoms with van der Waals surface area (Å²) in [6.07, 6.45) is 11.6. The van der Waals surface area contributed by atoms with Crippen LogP contribution in [0, 0.1) is 18.5 Å². The number of rotatable bonds is 4. The second kappa shape index (κ2) is 11.4. The van der Waals surface area contributed by atoms with Gasteiger partial charge >= 0.3 is 0 Å². The molecule has 6 aromatic heterocycles. The van der Waals surface area contributed by atoms with E-state index in [4.69, 9.17) is 9.72 Å². The van der Waals surface area contributed by atoms with Crippen molar-refractivity contribution in [3.63, 3.8) is 0 Å². The van der Waals surface area contributed by atoms with Gasteiger partial charge in [0.25, 0.3) is 0 Å². The third-order valence-electron chi connectivity index (χ3n) is 8.72. The van der Waals surface area contributed by atoms with Crippen LogP contribution >= 0.6 is 0 Å². The minimum atomic E-state index is -0.00842. The quantitative estimate of drug-likeness (QED) is 0.133. The van der Waals surface area contributed by atoms with Gasteiger partial charge in [0.15, 0.2) is 17.6 Å². The number of pyridine rings is 1. The average molecular weight is 806 g/mol. The molecule has 3 aromatic carbocycles. The number of fused-ring (bicyclic) bond motifs is 8. The van der Waals surface area contributed by atoms with Gasteiger partial charge < -0.3 is 18.3 Å². The zero-order chi connectivity index (χ0) is 31.7. The van der Waals surface area contributed by atoms with Crippen LogP contribution in [-0.4, -0.2) is 22.8 Å². The number of aromatic nitrogens is 6. The van der Waals surface area contributed by atoms with Crippen LogP contribution in [-0.2, 0) is 26.5 Å². The summed E-state index contributed by atoms with van der Waals surface area (Å²) in [4.78, 5) is 4.80. The minimum absolute atomic E-state index is 0. The van der Waals surface area contributed by atoms with Gasteiger partial charge in [-0.1, -0.05) is 56.2 Å². The number of ether oxygens (including phenoxy) is 1. The van der Waals surface area contributed by atoms with E-state index < -0.39 is 0 Å². The van der Waals surface area contributed by atoms with E-state index in [9.17, 15) is 0 Å². The summed E-state index contributed by atoms with van der Waals surface area (Å²) in [7, 11) is 0. The zero-order valence-corrected chi connectivity index (χ0v) is 28.8. The molecule has 9 rings (SSSR count). The molecule has 6 heterocycles. The number of benzene rings is 3. The Balaban J connectivity index is 0.00000336. The molecule has 238 valence electrons. The normalized spacial score (nSPS) is 11.9. The first kappa shape index (κ1) is 30.0. The summed E-state index contributed by atoms with van der Waals surface area (Å²) in [5.74, 6) is 2.02. The van der Waals surface area contributed by atoms with Crippen molar-refractivity contribution in [2.24, 2.45) is 0 Å². The SMILES string of the molecule is CC(C)(C)c1ccnc(-n2c3[c-]c(Oc4[c-]c(-[n+]5[c-]n6cccc6n6cccc6n6cccc65)ccc4)ccc3c3ccccc32)c1.[Pt]. The number of para-hydroxylation sites is 1. The van der Waals surface area contributed by atoms with Gasteiger partial charge in [-0.2, -0.15) is 18.2 Å². The maximum Gasteiger partial charge on any atom is 0.198 e. The Morgan fingerprint density at radius 1 is 0.708 bits per heavy atom. The summed E-state index contributed by atoms with van der Waals surface area (Å²) in [5.41, 5.74) is 6.93. The Morgan fingerprint density at radius 3 is 2.40 bits per heavy atom. The molecule has 0 aliphatic carbocycles. The van der Waals surface area contributed by atoms with Gasteiger partial charge in [-0.15, -0.1) is 29.7 Å². The zero-order valence-electron chi connectivity index (χ0n) is 26.5. The van der Waals surface area contributed by atoms with Gasteiger partial charge in [-0.25, -0.2) is 4.98 Å². The van der Waals surface area contributed by atoms with E-state index in [0.29, 0.717) is 11.5 Å². The largest absolute Gasteiger partial charge is 0.510 e. The summed E-state index contributed by atoms with van der Waals surface area (Å²) in [6, 6.07) is 42.1. The Hall–Kier alpha value is -5.39. The molecule has 0 saturated heterocycles. The molecule has 9 aromatic rings. The molecule has 7 nitrogen and oxygen atoms in total. The molecule has 0 bridgehead atoms. The fourth-order valence-corrected chi connectivity index (χ4v) is 6.42. The maximum atomic E-state index is 6.49. The topological polar surface area (TPSA) is 44.2 Å². The van der Waals surface area contributed by atoms with Crippen LogP contribution in [0.2, 0.25) is 0 Å². The van der Waals surface area contributed by atoms with E-state index in [1.54, 1.807) is 0 Å². The van der Waals surface area contributed by atoms with E-state index in [1.807, 2.05) is 57.8 Å². The molecule has 8 heteroatoms. The second-order valence-electron chi connectivity index (χ2n) is 12.7. The van der Waals surface area contributed by atoms with E-state index in [2.05, 4.69) is 132 Å². The van der Waals surface area contributed by atoms with Crippen molar-refractivity contribution < 1.29 is 30.4 Å². The monoisotopic (exact) mass is 805 g/mol. The average Bonchev–Trinajstić information content (AvgIpc) is 3.88. The summed E-state index contributed by atoms with van der Waals surface area (Å²) in [5, 5.41) is 2.23. The molecule has 0 unspecified atom stereocenters. The van der Waals surface area contributed by atoms with Gasteiger partial charge in [0.2, 0.25) is 0 Å². The molecular formula is C40H30N6OPt-2. The van der Waals surface area contributed by atoms with Crippen LogP contribution in [0.3, 0.4) is 0 Å². The van der Waals surface area contributed by atoms with Crippen LogP contribution < -0.4 is 9.30 Å². The van der Waals surface area contributed by atoms with Crippen molar-refractivity contribution in [2.75, 3.05) is 0 Å². The Kier molecular flexibility index (Phi) is 7.11. The van der Waals surface area contributed by atoms with Gasteiger partial charge in [0.05, 0.1) is 6.20 Å². The van der Waals surface area contributed by atoms with Crippen LogP contribution in [0.5, 0.6) is 11.5 Å². The molecule has 48 heavy (non-hydrogen) atoms. The molecule has 0 radical (unpaired) electrons. The summed E-state index contributed by atoms with van der Waals surface area (Å²) in [6.45, 7) is 6.65. The van der Waals surface area contributed by atoms with Crippen molar-refractivity contribution in [3.8, 4) is 23.0 Å². The van der Waals surface area contributed by atoms with E-state index >= 15 is 0 Å². The molecule has 0 amide bonds. The van der Waals surface area contributed by atoms with E-state index in [1.165, 1.54) is 5.56 Å². The molecule has 0 fully saturated rings. The van der Waals surface area contributed by atoms with E-state index in [0.717, 1.165) is 50.3 Å². The molecule has 0 spiro atoms. The van der Waals surface area contributed by atoms with Crippen molar-refractivity contribution in [1.29, 1.82) is 0 Å². The van der Waals surface area contributed by atoms with Crippen LogP contribution in [0.25, 0.3) is 50.3 Å². The van der Waals surface area contributed by atoms with E-state index in [-0.39, 0.29) is 26.5 Å². The summed E-state index contributed by atoms with van der Waals surface area (Å²) >= 11 is 0. The first-order valence-electron chi connectivity index (χ1n) is 15.6. The van der Waals surface area contributed by atoms with Crippen LogP contribution in [0.15, 0.2) is 128 Å². The van der Waals surface area contributed by atoms with Gasteiger partial charge in [-0.05, 0) is 64.9 Å². The fraction of sp³-hybridized carbons (Fsp3) is 0.100. The van der Waals surface area contributed by atoms with Crippen LogP contribution in [0.4, 0.5) is 0 Å². The van der Waals surface area contributed by atoms with Crippen molar-refractivity contribution in [2.45, 2.75) is 26.2 Å². The molecule has 0 saturated carbocycles. The van der Waals surface area contributed by atoms with Crippen molar-refractivity contribution in [3.05, 3.63) is 152 Å². The number of nitrogens with zero attached hydrogens (tertiary/aromatic N) is 6. The fourth-order valence-electron chi connectivity index (χ4n) is 6.42. The molecule has 0 N–H and O–H groups in total. The van der Waals surface area contributed by atoms with Crippen LogP contribution in [0.1, 0.15) is 26.3 Å². The minimum Gasteiger partial charge on any atom is -0.510 e. The summed E-state index contributed by atoms with van der Waals surface area (Å²) < 4.78 is 17.0. The maximum absolute atomic E-state index is 6.49. The first-order valence-corrected chi connectivity index (χ1v) is 15.6. The predicted octanol–water partition coefficient (Wildman–Crippen LogP) is 8.26. The second-order valence-corrected chi connectivity index (χ2v) is 12.7. The molecule has 0 aliphatic rings. The van der Waals surface area contributed by atoms with Gasteiger partial charge in [0.1, 0.15) is 11.5 Å². The van der Waals surface area contributed by atoms with Crippen molar-refractivity contribution >= 4 is 38.7 Å².